The standard InChI is InChI=1S/C27H26FN9O2/c1-32-14-29-10-24(32)26-31-20-7-18(15-9-30-33(2)11-15)19(28)8-21(20)37(26)16-5-22-25(35(4)27(39)34(22)3)23(6-16)36-12-17(38)13-36/h5-11,14,17,38H,12-13H2,1-4H3. The number of aliphatic hydroxyl groups excluding tert-OH is 1. The van der Waals surface area contributed by atoms with Gasteiger partial charge >= 0.3 is 5.69 Å². The molecule has 6 aromatic rings. The minimum absolute atomic E-state index is 0.154. The summed E-state index contributed by atoms with van der Waals surface area (Å²) < 4.78 is 24.3. The van der Waals surface area contributed by atoms with Crippen LogP contribution in [0.2, 0.25) is 0 Å². The van der Waals surface area contributed by atoms with Crippen LogP contribution in [0.25, 0.3) is 50.4 Å². The Morgan fingerprint density at radius 3 is 2.46 bits per heavy atom. The Hall–Kier alpha value is -4.71. The van der Waals surface area contributed by atoms with Crippen molar-refractivity contribution in [2.45, 2.75) is 6.10 Å². The number of benzene rings is 2. The van der Waals surface area contributed by atoms with Crippen LogP contribution in [0.5, 0.6) is 0 Å². The van der Waals surface area contributed by atoms with E-state index in [1.54, 1.807) is 65.9 Å². The molecule has 1 aliphatic rings. The van der Waals surface area contributed by atoms with Crippen molar-refractivity contribution in [3.8, 4) is 28.3 Å². The first-order valence-corrected chi connectivity index (χ1v) is 12.5. The SMILES string of the molecule is Cn1cc(-c2cc3nc(-c4cncn4C)n(-c4cc(N5CC(O)C5)c5c(c4)n(C)c(=O)n5C)c3cc2F)cn1. The van der Waals surface area contributed by atoms with Crippen LogP contribution < -0.4 is 10.6 Å². The van der Waals surface area contributed by atoms with Gasteiger partial charge in [0.1, 0.15) is 11.5 Å². The van der Waals surface area contributed by atoms with E-state index in [2.05, 4.69) is 10.1 Å². The van der Waals surface area contributed by atoms with E-state index in [0.717, 1.165) is 22.4 Å². The van der Waals surface area contributed by atoms with Crippen LogP contribution in [-0.2, 0) is 28.2 Å². The first-order chi connectivity index (χ1) is 18.7. The molecule has 0 saturated carbocycles. The lowest BCUT2D eigenvalue weighted by Crippen LogP contribution is -2.51. The molecule has 0 bridgehead atoms. The van der Waals surface area contributed by atoms with Crippen molar-refractivity contribution in [2.24, 2.45) is 28.2 Å². The van der Waals surface area contributed by atoms with Gasteiger partial charge in [0, 0.05) is 64.7 Å². The molecule has 0 aliphatic carbocycles. The van der Waals surface area contributed by atoms with Gasteiger partial charge in [-0.05, 0) is 18.2 Å². The first-order valence-electron chi connectivity index (χ1n) is 12.5. The van der Waals surface area contributed by atoms with Crippen LogP contribution in [0.4, 0.5) is 10.1 Å². The van der Waals surface area contributed by atoms with Gasteiger partial charge in [0.05, 0.1) is 58.3 Å². The van der Waals surface area contributed by atoms with E-state index in [1.807, 2.05) is 33.2 Å². The highest BCUT2D eigenvalue weighted by Crippen LogP contribution is 2.37. The molecule has 1 saturated heterocycles. The summed E-state index contributed by atoms with van der Waals surface area (Å²) in [6.07, 6.45) is 6.38. The summed E-state index contributed by atoms with van der Waals surface area (Å²) in [5, 5.41) is 14.2. The number of hydrogen-bond donors (Lipinski definition) is 1. The predicted molar refractivity (Wildman–Crippen MR) is 145 cm³/mol. The van der Waals surface area contributed by atoms with Gasteiger partial charge in [0.2, 0.25) is 0 Å². The number of aryl methyl sites for hydroxylation is 4. The van der Waals surface area contributed by atoms with Crippen LogP contribution in [-0.4, -0.2) is 62.3 Å². The van der Waals surface area contributed by atoms with E-state index >= 15 is 4.39 Å². The summed E-state index contributed by atoms with van der Waals surface area (Å²) in [5.41, 5.74) is 5.87. The molecule has 2 aromatic carbocycles. The normalized spacial score (nSPS) is 14.2. The molecule has 12 heteroatoms. The third-order valence-electron chi connectivity index (χ3n) is 7.59. The molecular weight excluding hydrogens is 501 g/mol. The van der Waals surface area contributed by atoms with Gasteiger partial charge in [-0.2, -0.15) is 5.10 Å². The van der Waals surface area contributed by atoms with Crippen LogP contribution in [0.15, 0.2) is 54.0 Å². The molecule has 1 N–H and O–H groups in total. The molecule has 0 unspecified atom stereocenters. The summed E-state index contributed by atoms with van der Waals surface area (Å²) in [5.74, 6) is 0.190. The van der Waals surface area contributed by atoms with Crippen LogP contribution in [0, 0.1) is 5.82 Å². The summed E-state index contributed by atoms with van der Waals surface area (Å²) in [4.78, 5) is 24.2. The Morgan fingerprint density at radius 2 is 1.79 bits per heavy atom. The first kappa shape index (κ1) is 23.4. The molecule has 1 fully saturated rings. The number of anilines is 1. The van der Waals surface area contributed by atoms with Crippen molar-refractivity contribution in [3.63, 3.8) is 0 Å². The minimum atomic E-state index is -0.427. The topological polar surface area (TPSA) is 104 Å². The lowest BCUT2D eigenvalue weighted by molar-refractivity contribution is 0.142. The summed E-state index contributed by atoms with van der Waals surface area (Å²) in [7, 11) is 7.14. The molecule has 0 atom stereocenters. The maximum absolute atomic E-state index is 15.6. The summed E-state index contributed by atoms with van der Waals surface area (Å²) in [6.45, 7) is 0.925. The fourth-order valence-electron chi connectivity index (χ4n) is 5.52. The highest BCUT2D eigenvalue weighted by molar-refractivity contribution is 5.94. The third kappa shape index (κ3) is 3.37. The number of aromatic nitrogens is 8. The zero-order chi connectivity index (χ0) is 27.2. The summed E-state index contributed by atoms with van der Waals surface area (Å²) >= 11 is 0. The van der Waals surface area contributed by atoms with Gasteiger partial charge in [-0.25, -0.2) is 19.2 Å². The van der Waals surface area contributed by atoms with Gasteiger partial charge in [0.25, 0.3) is 0 Å². The fraction of sp³-hybridized carbons (Fsp3) is 0.259. The van der Waals surface area contributed by atoms with E-state index in [-0.39, 0.29) is 5.69 Å². The molecule has 4 aromatic heterocycles. The Balaban J connectivity index is 1.55. The lowest BCUT2D eigenvalue weighted by atomic mass is 10.1. The highest BCUT2D eigenvalue weighted by atomic mass is 19.1. The van der Waals surface area contributed by atoms with E-state index < -0.39 is 11.9 Å². The van der Waals surface area contributed by atoms with Gasteiger partial charge in [-0.3, -0.25) is 18.4 Å². The number of halogens is 1. The molecule has 7 rings (SSSR count). The second-order valence-electron chi connectivity index (χ2n) is 10.2. The third-order valence-corrected chi connectivity index (χ3v) is 7.59. The monoisotopic (exact) mass is 527 g/mol. The van der Waals surface area contributed by atoms with Crippen molar-refractivity contribution in [3.05, 3.63) is 65.5 Å². The largest absolute Gasteiger partial charge is 0.389 e. The minimum Gasteiger partial charge on any atom is -0.389 e. The number of rotatable bonds is 4. The molecule has 0 amide bonds. The maximum atomic E-state index is 15.6. The van der Waals surface area contributed by atoms with Crippen molar-refractivity contribution in [1.82, 2.24) is 38.0 Å². The Morgan fingerprint density at radius 1 is 1.00 bits per heavy atom. The Labute approximate surface area is 221 Å². The second kappa shape index (κ2) is 8.14. The smallest absolute Gasteiger partial charge is 0.328 e. The van der Waals surface area contributed by atoms with Crippen molar-refractivity contribution < 1.29 is 9.50 Å². The average Bonchev–Trinajstić information content (AvgIpc) is 3.65. The van der Waals surface area contributed by atoms with Gasteiger partial charge in [-0.15, -0.1) is 0 Å². The zero-order valence-electron chi connectivity index (χ0n) is 21.9. The average molecular weight is 528 g/mol. The highest BCUT2D eigenvalue weighted by Gasteiger charge is 2.29. The number of hydrogen-bond acceptors (Lipinski definition) is 6. The van der Waals surface area contributed by atoms with Gasteiger partial charge in [-0.1, -0.05) is 0 Å². The molecule has 1 aliphatic heterocycles. The van der Waals surface area contributed by atoms with E-state index in [4.69, 9.17) is 4.98 Å². The van der Waals surface area contributed by atoms with Crippen molar-refractivity contribution in [2.75, 3.05) is 18.0 Å². The van der Waals surface area contributed by atoms with Crippen molar-refractivity contribution in [1.29, 1.82) is 0 Å². The van der Waals surface area contributed by atoms with E-state index in [9.17, 15) is 9.90 Å². The van der Waals surface area contributed by atoms with Crippen LogP contribution >= 0.6 is 0 Å². The molecule has 0 spiro atoms. The van der Waals surface area contributed by atoms with Gasteiger partial charge < -0.3 is 14.6 Å². The lowest BCUT2D eigenvalue weighted by Gasteiger charge is -2.38. The Kier molecular flexibility index (Phi) is 4.89. The molecular formula is C27H26FN9O2. The zero-order valence-corrected chi connectivity index (χ0v) is 21.9. The fourth-order valence-corrected chi connectivity index (χ4v) is 5.52. The molecule has 11 nitrogen and oxygen atoms in total. The number of fused-ring (bicyclic) bond motifs is 2. The molecule has 5 heterocycles. The molecule has 39 heavy (non-hydrogen) atoms. The van der Waals surface area contributed by atoms with Crippen molar-refractivity contribution >= 4 is 27.8 Å². The van der Waals surface area contributed by atoms with Crippen LogP contribution in [0.3, 0.4) is 0 Å². The predicted octanol–water partition coefficient (Wildman–Crippen LogP) is 2.34. The number of imidazole rings is 3. The molecule has 198 valence electrons. The summed E-state index contributed by atoms with van der Waals surface area (Å²) in [6, 6.07) is 7.12. The Bertz CT molecular complexity index is 1980. The van der Waals surface area contributed by atoms with Gasteiger partial charge in [0.15, 0.2) is 5.82 Å². The molecule has 0 radical (unpaired) electrons. The van der Waals surface area contributed by atoms with Crippen LogP contribution in [0.1, 0.15) is 0 Å². The maximum Gasteiger partial charge on any atom is 0.328 e. The quantitative estimate of drug-likeness (QED) is 0.378. The van der Waals surface area contributed by atoms with E-state index in [0.29, 0.717) is 46.8 Å². The van der Waals surface area contributed by atoms with E-state index in [1.165, 1.54) is 6.07 Å². The second-order valence-corrected chi connectivity index (χ2v) is 10.2. The number of nitrogens with zero attached hydrogens (tertiary/aromatic N) is 9. The number of aliphatic hydroxyl groups is 1. The number of β-amino-alcohol motifs (C(OH)–C–C–N with tert-alkyl or cyclic N) is 1.